The maximum atomic E-state index is 12.5. The number of hydrogen-bond donors (Lipinski definition) is 2. The molecule has 0 aromatic rings. The zero-order valence-electron chi connectivity index (χ0n) is 30.1. The summed E-state index contributed by atoms with van der Waals surface area (Å²) >= 11 is 0. The van der Waals surface area contributed by atoms with E-state index in [2.05, 4.69) is 98.9 Å². The molecule has 0 rings (SSSR count). The number of allylic oxidation sites excluding steroid dienone is 14. The Hall–Kier alpha value is -2.81. The largest absolute Gasteiger partial charge is 0.472 e. The molecule has 0 radical (unpaired) electrons. The Labute approximate surface area is 296 Å². The fourth-order valence-corrected chi connectivity index (χ4v) is 4.93. The summed E-state index contributed by atoms with van der Waals surface area (Å²) in [6.07, 6.45) is 41.9. The van der Waals surface area contributed by atoms with E-state index in [1.807, 2.05) is 0 Å². The van der Waals surface area contributed by atoms with Gasteiger partial charge in [0.15, 0.2) is 6.10 Å². The molecule has 3 N–H and O–H groups in total. The van der Waals surface area contributed by atoms with Crippen molar-refractivity contribution in [3.63, 3.8) is 0 Å². The molecule has 0 aliphatic heterocycles. The quantitative estimate of drug-likeness (QED) is 0.0304. The normalized spacial score (nSPS) is 14.4. The molecule has 0 aliphatic rings. The van der Waals surface area contributed by atoms with Gasteiger partial charge in [-0.05, 0) is 83.5 Å². The lowest BCUT2D eigenvalue weighted by Crippen LogP contribution is -2.29. The number of unbranched alkanes of at least 4 members (excludes halogenated alkanes) is 5. The van der Waals surface area contributed by atoms with Crippen LogP contribution in [-0.4, -0.2) is 49.3 Å². The molecule has 0 aromatic heterocycles. The number of phosphoric acid groups is 1. The van der Waals surface area contributed by atoms with Gasteiger partial charge in [0.1, 0.15) is 6.61 Å². The second-order valence-electron chi connectivity index (χ2n) is 11.3. The van der Waals surface area contributed by atoms with Gasteiger partial charge in [-0.1, -0.05) is 105 Å². The predicted octanol–water partition coefficient (Wildman–Crippen LogP) is 9.71. The van der Waals surface area contributed by atoms with Crippen LogP contribution in [0.2, 0.25) is 0 Å². The zero-order chi connectivity index (χ0) is 36.1. The average molecular weight is 706 g/mol. The maximum absolute atomic E-state index is 12.5. The van der Waals surface area contributed by atoms with Crippen LogP contribution in [0.15, 0.2) is 85.1 Å². The van der Waals surface area contributed by atoms with Gasteiger partial charge in [0.05, 0.1) is 13.2 Å². The van der Waals surface area contributed by atoms with E-state index in [1.165, 1.54) is 0 Å². The first kappa shape index (κ1) is 46.2. The first-order valence-electron chi connectivity index (χ1n) is 18.1. The molecule has 0 fully saturated rings. The molecule has 49 heavy (non-hydrogen) atoms. The highest BCUT2D eigenvalue weighted by Crippen LogP contribution is 2.43. The van der Waals surface area contributed by atoms with Crippen molar-refractivity contribution in [2.45, 2.75) is 123 Å². The van der Waals surface area contributed by atoms with Crippen LogP contribution in [0.1, 0.15) is 117 Å². The second-order valence-corrected chi connectivity index (χ2v) is 12.8. The van der Waals surface area contributed by atoms with Crippen LogP contribution < -0.4 is 5.73 Å². The highest BCUT2D eigenvalue weighted by Gasteiger charge is 2.25. The lowest BCUT2D eigenvalue weighted by Gasteiger charge is -2.19. The fourth-order valence-electron chi connectivity index (χ4n) is 4.17. The lowest BCUT2D eigenvalue weighted by atomic mass is 10.1. The van der Waals surface area contributed by atoms with Gasteiger partial charge >= 0.3 is 19.8 Å². The molecule has 2 unspecified atom stereocenters. The van der Waals surface area contributed by atoms with Crippen LogP contribution in [0, 0.1) is 0 Å². The van der Waals surface area contributed by atoms with Crippen LogP contribution in [0.4, 0.5) is 0 Å². The molecule has 0 saturated heterocycles. The van der Waals surface area contributed by atoms with Gasteiger partial charge in [-0.3, -0.25) is 18.6 Å². The van der Waals surface area contributed by atoms with Crippen LogP contribution in [-0.2, 0) is 32.7 Å². The van der Waals surface area contributed by atoms with Crippen molar-refractivity contribution in [3.8, 4) is 0 Å². The molecule has 0 aromatic carbocycles. The average Bonchev–Trinajstić information content (AvgIpc) is 3.08. The molecule has 0 spiro atoms. The molecule has 0 heterocycles. The number of carbonyl (C=O) groups excluding carboxylic acids is 2. The SMILES string of the molecule is CC/C=C\C/C=C\C/C=C\C/C=C\CCCCC(=O)OC(COC(=O)CCCCC/C=C\C/C=C\C/C=C\CC)COP(=O)(O)OCCN. The molecule has 10 heteroatoms. The van der Waals surface area contributed by atoms with Crippen molar-refractivity contribution >= 4 is 19.8 Å². The molecule has 0 bridgehead atoms. The summed E-state index contributed by atoms with van der Waals surface area (Å²) in [5.41, 5.74) is 5.32. The van der Waals surface area contributed by atoms with Crippen LogP contribution in [0.3, 0.4) is 0 Å². The third kappa shape index (κ3) is 34.8. The molecular formula is C39H64NO8P. The van der Waals surface area contributed by atoms with Gasteiger partial charge in [-0.15, -0.1) is 0 Å². The molecule has 0 aliphatic carbocycles. The summed E-state index contributed by atoms with van der Waals surface area (Å²) in [6.45, 7) is 3.37. The van der Waals surface area contributed by atoms with E-state index >= 15 is 0 Å². The number of ether oxygens (including phenoxy) is 2. The van der Waals surface area contributed by atoms with Crippen molar-refractivity contribution < 1.29 is 37.6 Å². The molecule has 0 amide bonds. The number of hydrogen-bond acceptors (Lipinski definition) is 8. The minimum atomic E-state index is -4.39. The van der Waals surface area contributed by atoms with E-state index in [9.17, 15) is 19.0 Å². The van der Waals surface area contributed by atoms with E-state index < -0.39 is 32.5 Å². The molecule has 278 valence electrons. The molecule has 0 saturated carbocycles. The first-order chi connectivity index (χ1) is 23.8. The number of rotatable bonds is 32. The number of phosphoric ester groups is 1. The number of esters is 2. The van der Waals surface area contributed by atoms with Gasteiger partial charge in [0.25, 0.3) is 0 Å². The van der Waals surface area contributed by atoms with Crippen LogP contribution in [0.25, 0.3) is 0 Å². The predicted molar refractivity (Wildman–Crippen MR) is 201 cm³/mol. The van der Waals surface area contributed by atoms with Crippen LogP contribution in [0.5, 0.6) is 0 Å². The van der Waals surface area contributed by atoms with E-state index in [-0.39, 0.29) is 32.6 Å². The summed E-state index contributed by atoms with van der Waals surface area (Å²) in [5.74, 6) is -0.925. The highest BCUT2D eigenvalue weighted by molar-refractivity contribution is 7.47. The Kier molecular flexibility index (Phi) is 33.0. The lowest BCUT2D eigenvalue weighted by molar-refractivity contribution is -0.161. The van der Waals surface area contributed by atoms with E-state index in [4.69, 9.17) is 24.3 Å². The number of carbonyl (C=O) groups is 2. The molecule has 9 nitrogen and oxygen atoms in total. The zero-order valence-corrected chi connectivity index (χ0v) is 31.0. The summed E-state index contributed by atoms with van der Waals surface area (Å²) in [7, 11) is -4.39. The summed E-state index contributed by atoms with van der Waals surface area (Å²) in [5, 5.41) is 0. The maximum Gasteiger partial charge on any atom is 0.472 e. The Morgan fingerprint density at radius 2 is 1.06 bits per heavy atom. The van der Waals surface area contributed by atoms with Gasteiger partial charge in [-0.25, -0.2) is 4.57 Å². The Bertz CT molecular complexity index is 1080. The Morgan fingerprint density at radius 3 is 1.57 bits per heavy atom. The van der Waals surface area contributed by atoms with E-state index in [0.717, 1.165) is 77.0 Å². The second kappa shape index (κ2) is 35.0. The minimum absolute atomic E-state index is 0.0374. The third-order valence-electron chi connectivity index (χ3n) is 6.78. The van der Waals surface area contributed by atoms with Gasteiger partial charge in [0.2, 0.25) is 0 Å². The van der Waals surface area contributed by atoms with E-state index in [1.54, 1.807) is 0 Å². The summed E-state index contributed by atoms with van der Waals surface area (Å²) in [4.78, 5) is 34.6. The number of nitrogens with two attached hydrogens (primary N) is 1. The Balaban J connectivity index is 4.41. The molecule has 2 atom stereocenters. The van der Waals surface area contributed by atoms with Crippen molar-refractivity contribution in [2.75, 3.05) is 26.4 Å². The third-order valence-corrected chi connectivity index (χ3v) is 7.76. The van der Waals surface area contributed by atoms with Crippen molar-refractivity contribution in [1.82, 2.24) is 0 Å². The van der Waals surface area contributed by atoms with Crippen molar-refractivity contribution in [2.24, 2.45) is 5.73 Å². The van der Waals surface area contributed by atoms with Crippen molar-refractivity contribution in [1.29, 1.82) is 0 Å². The smallest absolute Gasteiger partial charge is 0.462 e. The van der Waals surface area contributed by atoms with Gasteiger partial charge < -0.3 is 20.1 Å². The highest BCUT2D eigenvalue weighted by atomic mass is 31.2. The van der Waals surface area contributed by atoms with Crippen molar-refractivity contribution in [3.05, 3.63) is 85.1 Å². The van der Waals surface area contributed by atoms with E-state index in [0.29, 0.717) is 12.8 Å². The van der Waals surface area contributed by atoms with Gasteiger partial charge in [0, 0.05) is 19.4 Å². The van der Waals surface area contributed by atoms with Crippen LogP contribution >= 0.6 is 7.82 Å². The minimum Gasteiger partial charge on any atom is -0.462 e. The van der Waals surface area contributed by atoms with Gasteiger partial charge in [-0.2, -0.15) is 0 Å². The Morgan fingerprint density at radius 1 is 0.612 bits per heavy atom. The fraction of sp³-hybridized carbons (Fsp3) is 0.590. The standard InChI is InChI=1S/C39H64NO8P/c1-3-5-7-9-11-13-15-17-18-20-22-24-26-28-30-32-39(42)48-37(36-47-49(43,44)46-34-33-40)35-45-38(41)31-29-27-25-23-21-19-16-14-12-10-8-6-4-2/h5-8,11-14,17-19,21-22,24,37H,3-4,9-10,15-16,20,23,25-36,40H2,1-2H3,(H,43,44)/b7-5-,8-6-,13-11-,14-12-,18-17-,21-19-,24-22-. The monoisotopic (exact) mass is 705 g/mol. The topological polar surface area (TPSA) is 134 Å². The summed E-state index contributed by atoms with van der Waals surface area (Å²) in [6, 6.07) is 0. The first-order valence-corrected chi connectivity index (χ1v) is 19.6. The summed E-state index contributed by atoms with van der Waals surface area (Å²) < 4.78 is 32.5. The molecular weight excluding hydrogens is 641 g/mol.